The number of benzene rings is 2. The second kappa shape index (κ2) is 7.33. The molecule has 0 radical (unpaired) electrons. The zero-order valence-electron chi connectivity index (χ0n) is 15.5. The van der Waals surface area contributed by atoms with Crippen molar-refractivity contribution in [1.29, 1.82) is 0 Å². The Hall–Kier alpha value is -3.33. The van der Waals surface area contributed by atoms with Gasteiger partial charge in [0.15, 0.2) is 29.1 Å². The summed E-state index contributed by atoms with van der Waals surface area (Å²) in [5, 5.41) is 11.0. The molecule has 0 spiro atoms. The number of hydrogen-bond acceptors (Lipinski definition) is 2. The van der Waals surface area contributed by atoms with Gasteiger partial charge >= 0.3 is 17.8 Å². The molecule has 0 saturated carbocycles. The van der Waals surface area contributed by atoms with Crippen LogP contribution in [0.25, 0.3) is 11.1 Å². The smallest absolute Gasteiger partial charge is 0.258 e. The first kappa shape index (κ1) is 25.3. The van der Waals surface area contributed by atoms with E-state index in [1.165, 1.54) is 0 Å². The average molecular weight is 513 g/mol. The Morgan fingerprint density at radius 3 is 1.62 bits per heavy atom. The number of halogens is 13. The normalized spacial score (nSPS) is 23.2. The molecule has 0 aliphatic heterocycles. The summed E-state index contributed by atoms with van der Waals surface area (Å²) in [6.45, 7) is 0. The van der Waals surface area contributed by atoms with Crippen molar-refractivity contribution in [2.45, 2.75) is 23.4 Å². The maximum Gasteiger partial charge on any atom is 0.382 e. The van der Waals surface area contributed by atoms with Crippen molar-refractivity contribution in [1.82, 2.24) is 0 Å². The Labute approximate surface area is 178 Å². The molecule has 0 bridgehead atoms. The highest BCUT2D eigenvalue weighted by molar-refractivity contribution is 5.75. The van der Waals surface area contributed by atoms with Gasteiger partial charge in [-0.05, 0) is 6.07 Å². The van der Waals surface area contributed by atoms with Crippen LogP contribution < -0.4 is 0 Å². The van der Waals surface area contributed by atoms with Crippen LogP contribution in [0.5, 0.6) is 0 Å². The van der Waals surface area contributed by atoms with Crippen molar-refractivity contribution in [3.05, 3.63) is 74.9 Å². The summed E-state index contributed by atoms with van der Waals surface area (Å²) < 4.78 is 183. The molecule has 2 aromatic carbocycles. The fourth-order valence-electron chi connectivity index (χ4n) is 3.26. The Morgan fingerprint density at radius 1 is 0.676 bits per heavy atom. The molecule has 0 heterocycles. The van der Waals surface area contributed by atoms with Crippen molar-refractivity contribution < 1.29 is 62.0 Å². The van der Waals surface area contributed by atoms with Crippen molar-refractivity contribution in [2.75, 3.05) is 0 Å². The van der Waals surface area contributed by atoms with Crippen LogP contribution in [0.2, 0.25) is 0 Å². The van der Waals surface area contributed by atoms with Crippen LogP contribution in [0, 0.1) is 33.4 Å². The van der Waals surface area contributed by atoms with Gasteiger partial charge in [-0.3, -0.25) is 10.1 Å². The lowest BCUT2D eigenvalue weighted by Gasteiger charge is -2.43. The van der Waals surface area contributed by atoms with Gasteiger partial charge in [0, 0.05) is 6.07 Å². The Kier molecular flexibility index (Phi) is 5.46. The van der Waals surface area contributed by atoms with Gasteiger partial charge in [0.25, 0.3) is 11.4 Å². The standard InChI is InChI=1S/C18H4F13NO2/c19-9-7(5-3-1-2-4-6(5)32(33)34)10(20)12(22)8(11(9)21)15(25)13(23)14(24)16(26,27)18(30,31)17(15,28)29/h1-4H. The summed E-state index contributed by atoms with van der Waals surface area (Å²) in [6.07, 6.45) is 0. The Balaban J connectivity index is 2.49. The van der Waals surface area contributed by atoms with E-state index in [9.17, 15) is 62.8 Å². The quantitative estimate of drug-likeness (QED) is 0.191. The molecule has 184 valence electrons. The Morgan fingerprint density at radius 2 is 1.15 bits per heavy atom. The lowest BCUT2D eigenvalue weighted by atomic mass is 9.76. The van der Waals surface area contributed by atoms with Gasteiger partial charge in [-0.15, -0.1) is 0 Å². The molecule has 0 saturated heterocycles. The first-order valence-electron chi connectivity index (χ1n) is 8.37. The predicted octanol–water partition coefficient (Wildman–Crippen LogP) is 7.05. The molecule has 1 aliphatic carbocycles. The number of allylic oxidation sites excluding steroid dienone is 2. The highest BCUT2D eigenvalue weighted by Crippen LogP contribution is 2.65. The summed E-state index contributed by atoms with van der Waals surface area (Å²) in [6, 6.07) is 2.76. The van der Waals surface area contributed by atoms with Crippen LogP contribution >= 0.6 is 0 Å². The average Bonchev–Trinajstić information content (AvgIpc) is 2.75. The lowest BCUT2D eigenvalue weighted by molar-refractivity contribution is -0.384. The van der Waals surface area contributed by atoms with E-state index < -0.39 is 85.7 Å². The number of nitrogens with zero attached hydrogens (tertiary/aromatic N) is 1. The molecule has 1 atom stereocenters. The fraction of sp³-hybridized carbons (Fsp3) is 0.222. The van der Waals surface area contributed by atoms with Crippen molar-refractivity contribution in [2.24, 2.45) is 0 Å². The summed E-state index contributed by atoms with van der Waals surface area (Å²) in [5.41, 5.74) is -14.6. The number of rotatable bonds is 3. The van der Waals surface area contributed by atoms with Gasteiger partial charge in [0.05, 0.1) is 21.6 Å². The van der Waals surface area contributed by atoms with Crippen LogP contribution in [0.1, 0.15) is 5.56 Å². The van der Waals surface area contributed by atoms with Crippen LogP contribution in [0.3, 0.4) is 0 Å². The van der Waals surface area contributed by atoms with Gasteiger partial charge < -0.3 is 0 Å². The molecule has 0 aromatic heterocycles. The maximum absolute atomic E-state index is 15.0. The number of nitro groups is 1. The zero-order chi connectivity index (χ0) is 26.2. The van der Waals surface area contributed by atoms with E-state index in [1.807, 2.05) is 0 Å². The van der Waals surface area contributed by atoms with Crippen molar-refractivity contribution in [3.63, 3.8) is 0 Å². The van der Waals surface area contributed by atoms with Crippen molar-refractivity contribution in [3.8, 4) is 11.1 Å². The Bertz CT molecular complexity index is 1230. The second-order valence-electron chi connectivity index (χ2n) is 6.79. The summed E-state index contributed by atoms with van der Waals surface area (Å²) in [7, 11) is 0. The largest absolute Gasteiger partial charge is 0.382 e. The molecular formula is C18H4F13NO2. The molecule has 2 aromatic rings. The number of alkyl halides is 7. The SMILES string of the molecule is O=[N+]([O-])c1ccccc1-c1c(F)c(F)c(C2(F)C(F)=C(F)C(F)(F)C(F)(F)C2(F)F)c(F)c1F. The van der Waals surface area contributed by atoms with Gasteiger partial charge in [-0.25, -0.2) is 30.7 Å². The summed E-state index contributed by atoms with van der Waals surface area (Å²) in [5.74, 6) is -42.2. The topological polar surface area (TPSA) is 43.1 Å². The number of hydrogen-bond donors (Lipinski definition) is 0. The van der Waals surface area contributed by atoms with E-state index in [0.717, 1.165) is 12.1 Å². The first-order chi connectivity index (χ1) is 15.4. The molecule has 0 N–H and O–H groups in total. The number of nitro benzene ring substituents is 1. The summed E-state index contributed by atoms with van der Waals surface area (Å²) >= 11 is 0. The maximum atomic E-state index is 15.0. The molecule has 34 heavy (non-hydrogen) atoms. The molecule has 3 rings (SSSR count). The minimum Gasteiger partial charge on any atom is -0.258 e. The van der Waals surface area contributed by atoms with Gasteiger partial charge in [0.1, 0.15) is 0 Å². The van der Waals surface area contributed by atoms with Gasteiger partial charge in [-0.2, -0.15) is 26.3 Å². The third-order valence-electron chi connectivity index (χ3n) is 4.97. The van der Waals surface area contributed by atoms with E-state index in [0.29, 0.717) is 12.1 Å². The molecule has 16 heteroatoms. The summed E-state index contributed by atoms with van der Waals surface area (Å²) in [4.78, 5) is 9.68. The first-order valence-corrected chi connectivity index (χ1v) is 8.37. The molecular weight excluding hydrogens is 509 g/mol. The van der Waals surface area contributed by atoms with E-state index in [-0.39, 0.29) is 0 Å². The van der Waals surface area contributed by atoms with Crippen LogP contribution in [-0.2, 0) is 5.67 Å². The van der Waals surface area contributed by atoms with Crippen molar-refractivity contribution >= 4 is 5.69 Å². The highest BCUT2D eigenvalue weighted by atomic mass is 19.4. The van der Waals surface area contributed by atoms with Gasteiger partial charge in [0.2, 0.25) is 5.83 Å². The van der Waals surface area contributed by atoms with E-state index >= 15 is 4.39 Å². The minimum atomic E-state index is -7.22. The fourth-order valence-corrected chi connectivity index (χ4v) is 3.26. The lowest BCUT2D eigenvalue weighted by Crippen LogP contribution is -2.66. The third-order valence-corrected chi connectivity index (χ3v) is 4.97. The molecule has 0 fully saturated rings. The van der Waals surface area contributed by atoms with Crippen LogP contribution in [0.4, 0.5) is 62.8 Å². The van der Waals surface area contributed by atoms with Crippen LogP contribution in [-0.4, -0.2) is 22.7 Å². The highest BCUT2D eigenvalue weighted by Gasteiger charge is 2.87. The zero-order valence-corrected chi connectivity index (χ0v) is 15.5. The number of para-hydroxylation sites is 1. The van der Waals surface area contributed by atoms with E-state index in [1.54, 1.807) is 0 Å². The van der Waals surface area contributed by atoms with E-state index in [2.05, 4.69) is 0 Å². The van der Waals surface area contributed by atoms with E-state index in [4.69, 9.17) is 0 Å². The third kappa shape index (κ3) is 2.79. The van der Waals surface area contributed by atoms with Gasteiger partial charge in [-0.1, -0.05) is 12.1 Å². The monoisotopic (exact) mass is 513 g/mol. The molecule has 3 nitrogen and oxygen atoms in total. The predicted molar refractivity (Wildman–Crippen MR) is 85.2 cm³/mol. The van der Waals surface area contributed by atoms with Crippen LogP contribution in [0.15, 0.2) is 35.9 Å². The minimum absolute atomic E-state index is 0.480. The molecule has 1 unspecified atom stereocenters. The molecule has 0 amide bonds. The second-order valence-corrected chi connectivity index (χ2v) is 6.79. The molecule has 1 aliphatic rings.